The number of carbonyl (C=O) groups is 2. The third-order valence-electron chi connectivity index (χ3n) is 8.35. The highest BCUT2D eigenvalue weighted by Gasteiger charge is 2.47. The molecule has 1 aliphatic heterocycles. The second kappa shape index (κ2) is 10.4. The fourth-order valence-corrected chi connectivity index (χ4v) is 6.46. The molecule has 5 heteroatoms. The predicted molar refractivity (Wildman–Crippen MR) is 168 cm³/mol. The minimum Gasteiger partial charge on any atom is -0.496 e. The molecule has 6 aromatic carbocycles. The van der Waals surface area contributed by atoms with E-state index in [-0.39, 0.29) is 23.3 Å². The van der Waals surface area contributed by atoms with Crippen molar-refractivity contribution < 1.29 is 23.8 Å². The third kappa shape index (κ3) is 4.08. The zero-order chi connectivity index (χ0) is 29.6. The highest BCUT2D eigenvalue weighted by atomic mass is 16.5. The molecule has 0 aromatic heterocycles. The van der Waals surface area contributed by atoms with E-state index in [0.717, 1.165) is 32.8 Å². The van der Waals surface area contributed by atoms with E-state index in [0.29, 0.717) is 22.4 Å². The standard InChI is InChI=1S/C38H28O5/c1-41-31-22-29-33(28-21-13-12-20-27(28)31)32(24-14-6-3-7-15-24)35(37(40)42-2)34-30(39)23-38(43-36(29)34,25-16-8-4-9-17-25)26-18-10-5-11-19-26/h3-22H,23H2,1-2H3. The maximum Gasteiger partial charge on any atom is 0.339 e. The molecule has 5 nitrogen and oxygen atoms in total. The van der Waals surface area contributed by atoms with Gasteiger partial charge in [-0.2, -0.15) is 0 Å². The fraction of sp³-hybridized carbons (Fsp3) is 0.105. The Morgan fingerprint density at radius 2 is 1.26 bits per heavy atom. The molecule has 0 atom stereocenters. The van der Waals surface area contributed by atoms with Gasteiger partial charge in [0, 0.05) is 32.8 Å². The van der Waals surface area contributed by atoms with E-state index >= 15 is 0 Å². The summed E-state index contributed by atoms with van der Waals surface area (Å²) in [6.07, 6.45) is 0.00245. The lowest BCUT2D eigenvalue weighted by Gasteiger charge is -2.40. The molecule has 0 N–H and O–H groups in total. The average molecular weight is 565 g/mol. The molecule has 0 fully saturated rings. The number of Topliss-reactive ketones (excluding diaryl/α,β-unsaturated/α-hetero) is 1. The number of hydrogen-bond acceptors (Lipinski definition) is 5. The maximum atomic E-state index is 14.6. The Bertz CT molecular complexity index is 1980. The van der Waals surface area contributed by atoms with E-state index in [4.69, 9.17) is 14.2 Å². The Morgan fingerprint density at radius 3 is 1.84 bits per heavy atom. The van der Waals surface area contributed by atoms with Gasteiger partial charge in [0.2, 0.25) is 0 Å². The van der Waals surface area contributed by atoms with E-state index in [2.05, 4.69) is 0 Å². The van der Waals surface area contributed by atoms with Crippen LogP contribution in [0.5, 0.6) is 11.5 Å². The first kappa shape index (κ1) is 26.5. The summed E-state index contributed by atoms with van der Waals surface area (Å²) in [5.41, 5.74) is 2.40. The van der Waals surface area contributed by atoms with Crippen LogP contribution >= 0.6 is 0 Å². The van der Waals surface area contributed by atoms with Crippen molar-refractivity contribution in [1.29, 1.82) is 0 Å². The van der Waals surface area contributed by atoms with Crippen molar-refractivity contribution in [3.63, 3.8) is 0 Å². The molecule has 7 rings (SSSR count). The van der Waals surface area contributed by atoms with Gasteiger partial charge in [0.15, 0.2) is 11.4 Å². The van der Waals surface area contributed by atoms with Crippen LogP contribution in [0.1, 0.15) is 38.3 Å². The molecule has 0 spiro atoms. The fourth-order valence-electron chi connectivity index (χ4n) is 6.46. The largest absolute Gasteiger partial charge is 0.496 e. The Morgan fingerprint density at radius 1 is 0.698 bits per heavy atom. The van der Waals surface area contributed by atoms with Crippen molar-refractivity contribution in [3.05, 3.63) is 144 Å². The minimum atomic E-state index is -1.12. The molecular weight excluding hydrogens is 536 g/mol. The van der Waals surface area contributed by atoms with Crippen LogP contribution in [0.4, 0.5) is 0 Å². The summed E-state index contributed by atoms with van der Waals surface area (Å²) < 4.78 is 18.4. The summed E-state index contributed by atoms with van der Waals surface area (Å²) in [6.45, 7) is 0. The molecule has 0 aliphatic carbocycles. The number of esters is 1. The molecule has 1 aliphatic rings. The molecule has 0 saturated heterocycles. The van der Waals surface area contributed by atoms with Crippen molar-refractivity contribution in [1.82, 2.24) is 0 Å². The van der Waals surface area contributed by atoms with E-state index in [1.807, 2.05) is 121 Å². The van der Waals surface area contributed by atoms with Crippen LogP contribution in [0.2, 0.25) is 0 Å². The first-order chi connectivity index (χ1) is 21.1. The maximum absolute atomic E-state index is 14.6. The summed E-state index contributed by atoms with van der Waals surface area (Å²) in [5, 5.41) is 3.22. The summed E-state index contributed by atoms with van der Waals surface area (Å²) in [5.74, 6) is 0.172. The van der Waals surface area contributed by atoms with Gasteiger partial charge in [-0.1, -0.05) is 115 Å². The van der Waals surface area contributed by atoms with Crippen LogP contribution in [0.15, 0.2) is 121 Å². The number of ether oxygens (including phenoxy) is 3. The van der Waals surface area contributed by atoms with Gasteiger partial charge in [-0.25, -0.2) is 4.79 Å². The number of benzene rings is 6. The summed E-state index contributed by atoms with van der Waals surface area (Å²) >= 11 is 0. The first-order valence-electron chi connectivity index (χ1n) is 14.1. The molecule has 43 heavy (non-hydrogen) atoms. The quantitative estimate of drug-likeness (QED) is 0.156. The summed E-state index contributed by atoms with van der Waals surface area (Å²) in [7, 11) is 2.97. The highest BCUT2D eigenvalue weighted by molar-refractivity contribution is 6.26. The number of ketones is 1. The van der Waals surface area contributed by atoms with Gasteiger partial charge < -0.3 is 14.2 Å². The van der Waals surface area contributed by atoms with Gasteiger partial charge in [0.1, 0.15) is 11.5 Å². The lowest BCUT2D eigenvalue weighted by molar-refractivity contribution is 0.0557. The minimum absolute atomic E-state index is 0.00245. The highest BCUT2D eigenvalue weighted by Crippen LogP contribution is 2.53. The van der Waals surface area contributed by atoms with E-state index in [9.17, 15) is 9.59 Å². The summed E-state index contributed by atoms with van der Waals surface area (Å²) in [4.78, 5) is 28.4. The summed E-state index contributed by atoms with van der Waals surface area (Å²) in [6, 6.07) is 39.0. The molecular formula is C38H28O5. The number of methoxy groups -OCH3 is 2. The van der Waals surface area contributed by atoms with E-state index in [1.165, 1.54) is 7.11 Å². The van der Waals surface area contributed by atoms with Crippen molar-refractivity contribution in [2.45, 2.75) is 12.0 Å². The first-order valence-corrected chi connectivity index (χ1v) is 14.1. The van der Waals surface area contributed by atoms with Gasteiger partial charge in [-0.15, -0.1) is 0 Å². The predicted octanol–water partition coefficient (Wildman–Crippen LogP) is 8.36. The molecule has 0 bridgehead atoms. The lowest BCUT2D eigenvalue weighted by Crippen LogP contribution is -2.41. The molecule has 1 heterocycles. The van der Waals surface area contributed by atoms with Gasteiger partial charge in [0.05, 0.1) is 31.8 Å². The Balaban J connectivity index is 1.69. The van der Waals surface area contributed by atoms with E-state index in [1.54, 1.807) is 7.11 Å². The third-order valence-corrected chi connectivity index (χ3v) is 8.35. The average Bonchev–Trinajstić information content (AvgIpc) is 3.08. The van der Waals surface area contributed by atoms with Crippen LogP contribution < -0.4 is 9.47 Å². The SMILES string of the molecule is COC(=O)c1c2c(c3cc(OC)c4ccccc4c3c1-c1ccccc1)OC(c1ccccc1)(c1ccccc1)CC2=O. The van der Waals surface area contributed by atoms with Gasteiger partial charge in [-0.3, -0.25) is 4.79 Å². The van der Waals surface area contributed by atoms with Crippen molar-refractivity contribution in [2.24, 2.45) is 0 Å². The second-order valence-electron chi connectivity index (χ2n) is 10.6. The zero-order valence-electron chi connectivity index (χ0n) is 23.8. The van der Waals surface area contributed by atoms with Crippen LogP contribution in [0.25, 0.3) is 32.7 Å². The van der Waals surface area contributed by atoms with Crippen LogP contribution in [-0.2, 0) is 10.3 Å². The molecule has 0 amide bonds. The molecule has 0 unspecified atom stereocenters. The number of carbonyl (C=O) groups excluding carboxylic acids is 2. The monoisotopic (exact) mass is 564 g/mol. The normalized spacial score (nSPS) is 13.8. The van der Waals surface area contributed by atoms with Crippen molar-refractivity contribution in [3.8, 4) is 22.6 Å². The van der Waals surface area contributed by atoms with Crippen molar-refractivity contribution >= 4 is 33.3 Å². The molecule has 0 saturated carbocycles. The van der Waals surface area contributed by atoms with Crippen LogP contribution in [-0.4, -0.2) is 26.0 Å². The van der Waals surface area contributed by atoms with Gasteiger partial charge in [-0.05, 0) is 17.0 Å². The molecule has 0 radical (unpaired) electrons. The van der Waals surface area contributed by atoms with Crippen molar-refractivity contribution in [2.75, 3.05) is 14.2 Å². The van der Waals surface area contributed by atoms with Crippen LogP contribution in [0, 0.1) is 0 Å². The Hall–Kier alpha value is -5.42. The number of fused-ring (bicyclic) bond motifs is 5. The van der Waals surface area contributed by atoms with E-state index < -0.39 is 11.6 Å². The van der Waals surface area contributed by atoms with Crippen LogP contribution in [0.3, 0.4) is 0 Å². The second-order valence-corrected chi connectivity index (χ2v) is 10.6. The molecule has 6 aromatic rings. The topological polar surface area (TPSA) is 61.8 Å². The Labute approximate surface area is 249 Å². The molecule has 210 valence electrons. The number of rotatable bonds is 5. The Kier molecular flexibility index (Phi) is 6.43. The number of hydrogen-bond donors (Lipinski definition) is 0. The smallest absolute Gasteiger partial charge is 0.339 e. The van der Waals surface area contributed by atoms with Gasteiger partial charge in [0.25, 0.3) is 0 Å². The van der Waals surface area contributed by atoms with Gasteiger partial charge >= 0.3 is 5.97 Å². The zero-order valence-corrected chi connectivity index (χ0v) is 23.8. The lowest BCUT2D eigenvalue weighted by atomic mass is 9.76.